The Morgan fingerprint density at radius 3 is 3.00 bits per heavy atom. The van der Waals surface area contributed by atoms with E-state index >= 15 is 0 Å². The summed E-state index contributed by atoms with van der Waals surface area (Å²) in [5.41, 5.74) is 4.11. The maximum Gasteiger partial charge on any atom is 0.165 e. The van der Waals surface area contributed by atoms with Crippen LogP contribution < -0.4 is 5.43 Å². The van der Waals surface area contributed by atoms with Gasteiger partial charge < -0.3 is 0 Å². The molecule has 0 aromatic carbocycles. The standard InChI is InChI=1S/C12H15Cl2N3/c1-8-3-2-4-10(5-8)16-17-12-11(14)6-9(13)7-15-12/h6-8H,2-5H2,1H3,(H,15,17)/b16-10-/t8-/m0/s1. The van der Waals surface area contributed by atoms with Crippen LogP contribution in [0.15, 0.2) is 17.4 Å². The molecule has 1 aromatic rings. The van der Waals surface area contributed by atoms with Crippen LogP contribution in [0.25, 0.3) is 0 Å². The lowest BCUT2D eigenvalue weighted by Gasteiger charge is -2.19. The maximum absolute atomic E-state index is 6.00. The topological polar surface area (TPSA) is 37.3 Å². The SMILES string of the molecule is C[C@H]1CCC/C(=N/Nc2ncc(Cl)cc2Cl)C1. The molecule has 0 saturated heterocycles. The van der Waals surface area contributed by atoms with Gasteiger partial charge in [-0.15, -0.1) is 0 Å². The lowest BCUT2D eigenvalue weighted by atomic mass is 9.89. The van der Waals surface area contributed by atoms with Gasteiger partial charge in [0.25, 0.3) is 0 Å². The summed E-state index contributed by atoms with van der Waals surface area (Å²) in [4.78, 5) is 4.10. The Labute approximate surface area is 111 Å². The third kappa shape index (κ3) is 3.58. The van der Waals surface area contributed by atoms with Crippen molar-refractivity contribution in [3.05, 3.63) is 22.3 Å². The normalized spacial score (nSPS) is 22.8. The fourth-order valence-electron chi connectivity index (χ4n) is 1.99. The van der Waals surface area contributed by atoms with E-state index in [4.69, 9.17) is 23.2 Å². The van der Waals surface area contributed by atoms with Crippen molar-refractivity contribution in [2.75, 3.05) is 5.43 Å². The largest absolute Gasteiger partial charge is 0.260 e. The molecule has 1 aromatic heterocycles. The number of anilines is 1. The first-order valence-corrected chi connectivity index (χ1v) is 6.53. The van der Waals surface area contributed by atoms with E-state index in [-0.39, 0.29) is 0 Å². The predicted octanol–water partition coefficient (Wildman–Crippen LogP) is 4.37. The second-order valence-electron chi connectivity index (χ2n) is 4.48. The summed E-state index contributed by atoms with van der Waals surface area (Å²) in [6, 6.07) is 1.65. The highest BCUT2D eigenvalue weighted by atomic mass is 35.5. The summed E-state index contributed by atoms with van der Waals surface area (Å²) in [6.07, 6.45) is 6.17. The molecule has 5 heteroatoms. The fourth-order valence-corrected chi connectivity index (χ4v) is 2.41. The van der Waals surface area contributed by atoms with Crippen molar-refractivity contribution in [1.82, 2.24) is 4.98 Å². The second kappa shape index (κ2) is 5.69. The van der Waals surface area contributed by atoms with Gasteiger partial charge in [0.05, 0.1) is 10.0 Å². The third-order valence-corrected chi connectivity index (χ3v) is 3.37. The fraction of sp³-hybridized carbons (Fsp3) is 0.500. The minimum atomic E-state index is 0.491. The van der Waals surface area contributed by atoms with Gasteiger partial charge in [-0.3, -0.25) is 5.43 Å². The van der Waals surface area contributed by atoms with Crippen molar-refractivity contribution in [2.45, 2.75) is 32.6 Å². The number of hydrogen-bond donors (Lipinski definition) is 1. The van der Waals surface area contributed by atoms with Gasteiger partial charge in [0, 0.05) is 11.9 Å². The first-order chi connectivity index (χ1) is 8.15. The van der Waals surface area contributed by atoms with E-state index in [1.807, 2.05) is 0 Å². The molecule has 1 fully saturated rings. The van der Waals surface area contributed by atoms with Crippen LogP contribution in [0.4, 0.5) is 5.82 Å². The zero-order chi connectivity index (χ0) is 12.3. The summed E-state index contributed by atoms with van der Waals surface area (Å²) in [6.45, 7) is 2.25. The highest BCUT2D eigenvalue weighted by molar-refractivity contribution is 6.35. The zero-order valence-corrected chi connectivity index (χ0v) is 11.2. The van der Waals surface area contributed by atoms with E-state index in [2.05, 4.69) is 22.4 Å². The van der Waals surface area contributed by atoms with Gasteiger partial charge in [0.15, 0.2) is 5.82 Å². The van der Waals surface area contributed by atoms with Crippen LogP contribution in [0.1, 0.15) is 32.6 Å². The number of aromatic nitrogens is 1. The van der Waals surface area contributed by atoms with Crippen LogP contribution in [-0.2, 0) is 0 Å². The Bertz CT molecular complexity index is 432. The summed E-state index contributed by atoms with van der Waals surface area (Å²) in [5.74, 6) is 1.28. The third-order valence-electron chi connectivity index (χ3n) is 2.87. The molecule has 1 saturated carbocycles. The molecule has 0 spiro atoms. The molecule has 0 bridgehead atoms. The van der Waals surface area contributed by atoms with Crippen molar-refractivity contribution < 1.29 is 0 Å². The average molecular weight is 272 g/mol. The molecule has 0 radical (unpaired) electrons. The molecule has 3 nitrogen and oxygen atoms in total. The molecule has 92 valence electrons. The Morgan fingerprint density at radius 2 is 2.29 bits per heavy atom. The molecular formula is C12H15Cl2N3. The van der Waals surface area contributed by atoms with Crippen molar-refractivity contribution in [3.63, 3.8) is 0 Å². The summed E-state index contributed by atoms with van der Waals surface area (Å²) >= 11 is 11.8. The quantitative estimate of drug-likeness (QED) is 0.812. The molecule has 0 amide bonds. The Hall–Kier alpha value is -0.800. The number of halogens is 2. The van der Waals surface area contributed by atoms with Crippen molar-refractivity contribution in [1.29, 1.82) is 0 Å². The van der Waals surface area contributed by atoms with Crippen molar-refractivity contribution in [3.8, 4) is 0 Å². The first kappa shape index (κ1) is 12.7. The molecule has 0 aliphatic heterocycles. The van der Waals surface area contributed by atoms with Gasteiger partial charge in [-0.2, -0.15) is 5.10 Å². The Balaban J connectivity index is 2.03. The zero-order valence-electron chi connectivity index (χ0n) is 9.71. The molecule has 17 heavy (non-hydrogen) atoms. The summed E-state index contributed by atoms with van der Waals surface area (Å²) in [7, 11) is 0. The number of hydrogen-bond acceptors (Lipinski definition) is 3. The monoisotopic (exact) mass is 271 g/mol. The predicted molar refractivity (Wildman–Crippen MR) is 72.9 cm³/mol. The Morgan fingerprint density at radius 1 is 1.47 bits per heavy atom. The van der Waals surface area contributed by atoms with Gasteiger partial charge >= 0.3 is 0 Å². The van der Waals surface area contributed by atoms with E-state index in [1.54, 1.807) is 12.3 Å². The van der Waals surface area contributed by atoms with Gasteiger partial charge in [-0.05, 0) is 37.7 Å². The summed E-state index contributed by atoms with van der Waals surface area (Å²) < 4.78 is 0. The van der Waals surface area contributed by atoms with Gasteiger partial charge in [0.2, 0.25) is 0 Å². The Kier molecular flexibility index (Phi) is 4.24. The molecule has 1 aliphatic carbocycles. The molecule has 0 unspecified atom stereocenters. The molecule has 1 N–H and O–H groups in total. The second-order valence-corrected chi connectivity index (χ2v) is 5.32. The van der Waals surface area contributed by atoms with Crippen LogP contribution in [0.2, 0.25) is 10.0 Å². The molecule has 1 aliphatic rings. The van der Waals surface area contributed by atoms with Crippen molar-refractivity contribution in [2.24, 2.45) is 11.0 Å². The maximum atomic E-state index is 6.00. The van der Waals surface area contributed by atoms with E-state index in [0.717, 1.165) is 18.8 Å². The van der Waals surface area contributed by atoms with Crippen LogP contribution in [0.5, 0.6) is 0 Å². The minimum Gasteiger partial charge on any atom is -0.260 e. The van der Waals surface area contributed by atoms with Gasteiger partial charge in [-0.25, -0.2) is 4.98 Å². The lowest BCUT2D eigenvalue weighted by molar-refractivity contribution is 0.500. The highest BCUT2D eigenvalue weighted by Gasteiger charge is 2.14. The van der Waals surface area contributed by atoms with E-state index in [0.29, 0.717) is 15.9 Å². The number of nitrogens with one attached hydrogen (secondary N) is 1. The molecule has 1 atom stereocenters. The van der Waals surface area contributed by atoms with Crippen LogP contribution >= 0.6 is 23.2 Å². The van der Waals surface area contributed by atoms with E-state index in [1.165, 1.54) is 18.6 Å². The molecule has 1 heterocycles. The summed E-state index contributed by atoms with van der Waals surface area (Å²) in [5, 5.41) is 5.39. The van der Waals surface area contributed by atoms with Crippen molar-refractivity contribution >= 4 is 34.7 Å². The van der Waals surface area contributed by atoms with Gasteiger partial charge in [0.1, 0.15) is 0 Å². The van der Waals surface area contributed by atoms with Crippen LogP contribution in [0.3, 0.4) is 0 Å². The van der Waals surface area contributed by atoms with Gasteiger partial charge in [-0.1, -0.05) is 30.1 Å². The number of rotatable bonds is 2. The molecular weight excluding hydrogens is 257 g/mol. The lowest BCUT2D eigenvalue weighted by Crippen LogP contribution is -2.14. The average Bonchev–Trinajstić information content (AvgIpc) is 2.28. The van der Waals surface area contributed by atoms with Crippen LogP contribution in [-0.4, -0.2) is 10.7 Å². The number of pyridine rings is 1. The van der Waals surface area contributed by atoms with E-state index in [9.17, 15) is 0 Å². The highest BCUT2D eigenvalue weighted by Crippen LogP contribution is 2.24. The van der Waals surface area contributed by atoms with E-state index < -0.39 is 0 Å². The first-order valence-electron chi connectivity index (χ1n) is 5.77. The number of hydrazone groups is 1. The van der Waals surface area contributed by atoms with Crippen LogP contribution in [0, 0.1) is 5.92 Å². The minimum absolute atomic E-state index is 0.491. The number of nitrogens with zero attached hydrogens (tertiary/aromatic N) is 2. The molecule has 2 rings (SSSR count). The smallest absolute Gasteiger partial charge is 0.165 e.